The number of fused-ring (bicyclic) bond motifs is 1. The maximum absolute atomic E-state index is 14.5. The molecule has 8 heteroatoms. The van der Waals surface area contributed by atoms with Gasteiger partial charge in [-0.25, -0.2) is 4.39 Å². The van der Waals surface area contributed by atoms with Gasteiger partial charge in [0.2, 0.25) is 0 Å². The number of carbonyl (C=O) groups excluding carboxylic acids is 2. The first-order valence-electron chi connectivity index (χ1n) is 10.0. The fourth-order valence-corrected chi connectivity index (χ4v) is 4.06. The number of ketones is 1. The highest BCUT2D eigenvalue weighted by Crippen LogP contribution is 2.30. The van der Waals surface area contributed by atoms with Gasteiger partial charge >= 0.3 is 0 Å². The molecule has 0 saturated carbocycles. The summed E-state index contributed by atoms with van der Waals surface area (Å²) in [5.41, 5.74) is 0.981. The van der Waals surface area contributed by atoms with Gasteiger partial charge in [0.05, 0.1) is 28.8 Å². The molecule has 2 aromatic rings. The summed E-state index contributed by atoms with van der Waals surface area (Å²) in [5, 5.41) is 9.29. The SMILES string of the molecule is N#Cc1ccc(OCC2CCN(C(=O)c3cc4c(cc3F)OCC(=O)C4)CC2)c(Cl)c1. The van der Waals surface area contributed by atoms with Gasteiger partial charge in [0, 0.05) is 31.1 Å². The monoisotopic (exact) mass is 442 g/mol. The van der Waals surface area contributed by atoms with E-state index < -0.39 is 5.82 Å². The van der Waals surface area contributed by atoms with E-state index in [0.717, 1.165) is 0 Å². The highest BCUT2D eigenvalue weighted by molar-refractivity contribution is 6.32. The van der Waals surface area contributed by atoms with Crippen LogP contribution in [0, 0.1) is 23.1 Å². The Morgan fingerprint density at radius 3 is 2.77 bits per heavy atom. The summed E-state index contributed by atoms with van der Waals surface area (Å²) in [6, 6.07) is 9.53. The molecule has 0 unspecified atom stereocenters. The summed E-state index contributed by atoms with van der Waals surface area (Å²) < 4.78 is 25.5. The van der Waals surface area contributed by atoms with E-state index in [4.69, 9.17) is 26.3 Å². The van der Waals surface area contributed by atoms with E-state index in [9.17, 15) is 14.0 Å². The summed E-state index contributed by atoms with van der Waals surface area (Å²) in [6.07, 6.45) is 1.58. The molecule has 1 amide bonds. The molecule has 0 radical (unpaired) electrons. The van der Waals surface area contributed by atoms with Gasteiger partial charge in [-0.15, -0.1) is 0 Å². The van der Waals surface area contributed by atoms with Crippen molar-refractivity contribution in [2.24, 2.45) is 5.92 Å². The summed E-state index contributed by atoms with van der Waals surface area (Å²) in [5.74, 6) is -0.0410. The average Bonchev–Trinajstić information content (AvgIpc) is 2.78. The number of piperidine rings is 1. The number of ether oxygens (including phenoxy) is 2. The number of benzene rings is 2. The standard InChI is InChI=1S/C23H20ClFN2O4/c24-19-7-15(11-26)1-2-21(19)30-12-14-3-5-27(6-4-14)23(29)18-9-16-8-17(28)13-31-22(16)10-20(18)25/h1-2,7,9-10,14H,3-6,8,12-13H2. The molecule has 6 nitrogen and oxygen atoms in total. The van der Waals surface area contributed by atoms with Crippen molar-refractivity contribution in [3.8, 4) is 17.6 Å². The number of halogens is 2. The molecule has 2 aromatic carbocycles. The minimum absolute atomic E-state index is 0.0314. The molecule has 31 heavy (non-hydrogen) atoms. The van der Waals surface area contributed by atoms with Crippen LogP contribution < -0.4 is 9.47 Å². The number of likely N-dealkylation sites (tertiary alicyclic amines) is 1. The van der Waals surface area contributed by atoms with E-state index in [-0.39, 0.29) is 36.2 Å². The van der Waals surface area contributed by atoms with Crippen molar-refractivity contribution >= 4 is 23.3 Å². The lowest BCUT2D eigenvalue weighted by Gasteiger charge is -2.32. The Kier molecular flexibility index (Phi) is 6.10. The van der Waals surface area contributed by atoms with Crippen molar-refractivity contribution in [1.29, 1.82) is 5.26 Å². The smallest absolute Gasteiger partial charge is 0.256 e. The van der Waals surface area contributed by atoms with Crippen molar-refractivity contribution in [1.82, 2.24) is 4.90 Å². The number of nitriles is 1. The second kappa shape index (κ2) is 8.94. The van der Waals surface area contributed by atoms with Crippen LogP contribution in [0.3, 0.4) is 0 Å². The average molecular weight is 443 g/mol. The molecule has 2 aliphatic rings. The number of rotatable bonds is 4. The number of hydrogen-bond acceptors (Lipinski definition) is 5. The van der Waals surface area contributed by atoms with E-state index in [2.05, 4.69) is 0 Å². The highest BCUT2D eigenvalue weighted by Gasteiger charge is 2.28. The first-order valence-corrected chi connectivity index (χ1v) is 10.4. The Labute approximate surface area is 184 Å². The van der Waals surface area contributed by atoms with Gasteiger partial charge in [-0.2, -0.15) is 5.26 Å². The topological polar surface area (TPSA) is 79.6 Å². The van der Waals surface area contributed by atoms with Gasteiger partial charge in [-0.3, -0.25) is 9.59 Å². The molecule has 0 atom stereocenters. The zero-order valence-corrected chi connectivity index (χ0v) is 17.5. The van der Waals surface area contributed by atoms with E-state index in [0.29, 0.717) is 60.2 Å². The molecular formula is C23H20ClFN2O4. The molecule has 0 aliphatic carbocycles. The van der Waals surface area contributed by atoms with Gasteiger partial charge < -0.3 is 14.4 Å². The molecule has 0 bridgehead atoms. The van der Waals surface area contributed by atoms with Crippen LogP contribution in [-0.4, -0.2) is 42.9 Å². The zero-order chi connectivity index (χ0) is 22.0. The number of amides is 1. The minimum atomic E-state index is -0.640. The van der Waals surface area contributed by atoms with Gasteiger partial charge in [0.1, 0.15) is 23.9 Å². The third-order valence-electron chi connectivity index (χ3n) is 5.59. The lowest BCUT2D eigenvalue weighted by Crippen LogP contribution is -2.40. The van der Waals surface area contributed by atoms with Crippen LogP contribution >= 0.6 is 11.6 Å². The molecular weight excluding hydrogens is 423 g/mol. The predicted molar refractivity (Wildman–Crippen MR) is 111 cm³/mol. The molecule has 2 aliphatic heterocycles. The fourth-order valence-electron chi connectivity index (χ4n) is 3.83. The van der Waals surface area contributed by atoms with Gasteiger partial charge in [-0.1, -0.05) is 11.6 Å². The maximum atomic E-state index is 14.5. The largest absolute Gasteiger partial charge is 0.492 e. The van der Waals surface area contributed by atoms with Crippen LogP contribution in [0.5, 0.6) is 11.5 Å². The quantitative estimate of drug-likeness (QED) is 0.719. The number of Topliss-reactive ketones (excluding diaryl/α,β-unsaturated/α-hetero) is 1. The molecule has 0 spiro atoms. The fraction of sp³-hybridized carbons (Fsp3) is 0.348. The summed E-state index contributed by atoms with van der Waals surface area (Å²) in [6.45, 7) is 1.35. The second-order valence-electron chi connectivity index (χ2n) is 7.75. The van der Waals surface area contributed by atoms with Crippen molar-refractivity contribution in [2.75, 3.05) is 26.3 Å². The Bertz CT molecular complexity index is 1070. The van der Waals surface area contributed by atoms with Crippen LogP contribution in [0.1, 0.15) is 34.3 Å². The van der Waals surface area contributed by atoms with Crippen LogP contribution in [0.15, 0.2) is 30.3 Å². The van der Waals surface area contributed by atoms with E-state index >= 15 is 0 Å². The molecule has 4 rings (SSSR count). The Morgan fingerprint density at radius 1 is 1.29 bits per heavy atom. The lowest BCUT2D eigenvalue weighted by molar-refractivity contribution is -0.121. The van der Waals surface area contributed by atoms with Crippen molar-refractivity contribution in [3.05, 3.63) is 57.9 Å². The first-order chi connectivity index (χ1) is 14.9. The normalized spacial score (nSPS) is 16.3. The van der Waals surface area contributed by atoms with E-state index in [1.165, 1.54) is 12.1 Å². The predicted octanol–water partition coefficient (Wildman–Crippen LogP) is 3.79. The Morgan fingerprint density at radius 2 is 2.06 bits per heavy atom. The summed E-state index contributed by atoms with van der Waals surface area (Å²) >= 11 is 6.14. The highest BCUT2D eigenvalue weighted by atomic mass is 35.5. The second-order valence-corrected chi connectivity index (χ2v) is 8.15. The van der Waals surface area contributed by atoms with Crippen LogP contribution in [0.2, 0.25) is 5.02 Å². The number of carbonyl (C=O) groups is 2. The van der Waals surface area contributed by atoms with E-state index in [1.54, 1.807) is 23.1 Å². The van der Waals surface area contributed by atoms with Gasteiger partial charge in [-0.05, 0) is 43.0 Å². The molecule has 0 aromatic heterocycles. The minimum Gasteiger partial charge on any atom is -0.492 e. The zero-order valence-electron chi connectivity index (χ0n) is 16.7. The molecule has 1 fully saturated rings. The van der Waals surface area contributed by atoms with Crippen LogP contribution in [0.4, 0.5) is 4.39 Å². The summed E-state index contributed by atoms with van der Waals surface area (Å²) in [4.78, 5) is 26.1. The first kappa shape index (κ1) is 21.1. The molecule has 2 heterocycles. The van der Waals surface area contributed by atoms with Gasteiger partial charge in [0.15, 0.2) is 5.78 Å². The van der Waals surface area contributed by atoms with Crippen molar-refractivity contribution in [3.63, 3.8) is 0 Å². The maximum Gasteiger partial charge on any atom is 0.256 e. The Balaban J connectivity index is 1.35. The van der Waals surface area contributed by atoms with Crippen LogP contribution in [-0.2, 0) is 11.2 Å². The van der Waals surface area contributed by atoms with Crippen molar-refractivity contribution in [2.45, 2.75) is 19.3 Å². The van der Waals surface area contributed by atoms with Gasteiger partial charge in [0.25, 0.3) is 5.91 Å². The van der Waals surface area contributed by atoms with Crippen molar-refractivity contribution < 1.29 is 23.5 Å². The third-order valence-corrected chi connectivity index (χ3v) is 5.89. The number of nitrogens with zero attached hydrogens (tertiary/aromatic N) is 2. The Hall–Kier alpha value is -3.11. The lowest BCUT2D eigenvalue weighted by atomic mass is 9.96. The summed E-state index contributed by atoms with van der Waals surface area (Å²) in [7, 11) is 0. The van der Waals surface area contributed by atoms with E-state index in [1.807, 2.05) is 6.07 Å². The molecule has 160 valence electrons. The third kappa shape index (κ3) is 4.64. The molecule has 1 saturated heterocycles. The van der Waals surface area contributed by atoms with Crippen LogP contribution in [0.25, 0.3) is 0 Å². The number of hydrogen-bond donors (Lipinski definition) is 0. The molecule has 0 N–H and O–H groups in total.